The molecule has 0 aliphatic heterocycles. The van der Waals surface area contributed by atoms with Gasteiger partial charge in [0.15, 0.2) is 12.2 Å². The van der Waals surface area contributed by atoms with E-state index < -0.39 is 30.2 Å². The number of alkyl carbamates (subject to hydrolysis) is 1. The molecule has 0 aliphatic rings. The molecule has 120 valence electrons. The van der Waals surface area contributed by atoms with Gasteiger partial charge in [0.2, 0.25) is 0 Å². The summed E-state index contributed by atoms with van der Waals surface area (Å²) in [6, 6.07) is 8.80. The second-order valence-corrected chi connectivity index (χ2v) is 4.39. The fourth-order valence-corrected chi connectivity index (χ4v) is 1.52. The molecule has 1 rings (SSSR count). The van der Waals surface area contributed by atoms with Gasteiger partial charge in [-0.15, -0.1) is 0 Å². The average Bonchev–Trinajstić information content (AvgIpc) is 2.53. The second kappa shape index (κ2) is 8.66. The Morgan fingerprint density at radius 2 is 1.82 bits per heavy atom. The second-order valence-electron chi connectivity index (χ2n) is 4.39. The predicted octanol–water partition coefficient (Wildman–Crippen LogP) is 1.66. The Bertz CT molecular complexity index is 516. The van der Waals surface area contributed by atoms with Crippen LogP contribution in [-0.2, 0) is 19.1 Å². The molecule has 1 N–H and O–H groups in total. The third-order valence-electron chi connectivity index (χ3n) is 2.73. The van der Waals surface area contributed by atoms with Gasteiger partial charge in [0.1, 0.15) is 5.75 Å². The normalized spacial score (nSPS) is 12.7. The van der Waals surface area contributed by atoms with Crippen LogP contribution in [0.4, 0.5) is 4.79 Å². The Kier molecular flexibility index (Phi) is 6.88. The number of hydrogen-bond acceptors (Lipinski definition) is 6. The molecule has 2 amide bonds. The van der Waals surface area contributed by atoms with E-state index in [4.69, 9.17) is 9.47 Å². The van der Waals surface area contributed by atoms with Gasteiger partial charge in [-0.25, -0.2) is 9.59 Å². The van der Waals surface area contributed by atoms with Crippen LogP contribution in [0.2, 0.25) is 0 Å². The minimum Gasteiger partial charge on any atom is -0.479 e. The Morgan fingerprint density at radius 3 is 2.36 bits per heavy atom. The van der Waals surface area contributed by atoms with E-state index in [1.165, 1.54) is 6.92 Å². The maximum absolute atomic E-state index is 12.0. The number of hydrogen-bond donors (Lipinski definition) is 1. The molecule has 2 atom stereocenters. The molecule has 0 radical (unpaired) electrons. The van der Waals surface area contributed by atoms with Crippen molar-refractivity contribution in [3.05, 3.63) is 30.3 Å². The Balaban J connectivity index is 2.57. The Labute approximate surface area is 128 Å². The molecular weight excluding hydrogens is 290 g/mol. The standard InChI is InChI=1S/C15H19NO6/c1-4-12(22-11-8-6-5-7-9-11)14(18)21-10(2)13(17)16-15(19)20-3/h5-10,12H,4H2,1-3H3,(H,16,17,19)/t10-,12+/m1/s1. The summed E-state index contributed by atoms with van der Waals surface area (Å²) >= 11 is 0. The number of benzene rings is 1. The lowest BCUT2D eigenvalue weighted by molar-refractivity contribution is -0.161. The Morgan fingerprint density at radius 1 is 1.18 bits per heavy atom. The van der Waals surface area contributed by atoms with Crippen molar-refractivity contribution in [2.24, 2.45) is 0 Å². The van der Waals surface area contributed by atoms with E-state index in [0.29, 0.717) is 12.2 Å². The molecule has 0 spiro atoms. The highest BCUT2D eigenvalue weighted by Crippen LogP contribution is 2.13. The maximum Gasteiger partial charge on any atom is 0.413 e. The van der Waals surface area contributed by atoms with Crippen LogP contribution in [-0.4, -0.2) is 37.3 Å². The number of rotatable bonds is 6. The molecule has 0 saturated carbocycles. The van der Waals surface area contributed by atoms with E-state index >= 15 is 0 Å². The van der Waals surface area contributed by atoms with Gasteiger partial charge in [0, 0.05) is 0 Å². The van der Waals surface area contributed by atoms with Crippen molar-refractivity contribution in [2.75, 3.05) is 7.11 Å². The van der Waals surface area contributed by atoms with E-state index in [2.05, 4.69) is 4.74 Å². The van der Waals surface area contributed by atoms with Crippen LogP contribution in [0.25, 0.3) is 0 Å². The third kappa shape index (κ3) is 5.43. The van der Waals surface area contributed by atoms with Crippen LogP contribution in [0, 0.1) is 0 Å². The molecule has 0 aromatic heterocycles. The topological polar surface area (TPSA) is 90.9 Å². The minimum absolute atomic E-state index is 0.374. The van der Waals surface area contributed by atoms with Gasteiger partial charge in [0.05, 0.1) is 7.11 Å². The van der Waals surface area contributed by atoms with Crippen molar-refractivity contribution < 1.29 is 28.6 Å². The van der Waals surface area contributed by atoms with Crippen molar-refractivity contribution >= 4 is 18.0 Å². The van der Waals surface area contributed by atoms with E-state index in [1.807, 2.05) is 11.4 Å². The number of carbonyl (C=O) groups excluding carboxylic acids is 3. The lowest BCUT2D eigenvalue weighted by atomic mass is 10.2. The van der Waals surface area contributed by atoms with Crippen molar-refractivity contribution in [3.8, 4) is 5.75 Å². The van der Waals surface area contributed by atoms with Crippen molar-refractivity contribution in [1.29, 1.82) is 0 Å². The first-order valence-corrected chi connectivity index (χ1v) is 6.79. The number of esters is 1. The summed E-state index contributed by atoms with van der Waals surface area (Å²) in [4.78, 5) is 34.5. The fourth-order valence-electron chi connectivity index (χ4n) is 1.52. The first-order chi connectivity index (χ1) is 10.5. The summed E-state index contributed by atoms with van der Waals surface area (Å²) < 4.78 is 14.8. The summed E-state index contributed by atoms with van der Waals surface area (Å²) in [5.74, 6) is -0.924. The predicted molar refractivity (Wildman–Crippen MR) is 77.3 cm³/mol. The Hall–Kier alpha value is -2.57. The zero-order chi connectivity index (χ0) is 16.5. The SMILES string of the molecule is CC[C@H](Oc1ccccc1)C(=O)O[C@H](C)C(=O)NC(=O)OC. The minimum atomic E-state index is -1.14. The van der Waals surface area contributed by atoms with E-state index in [-0.39, 0.29) is 0 Å². The number of imide groups is 1. The molecule has 1 aromatic carbocycles. The van der Waals surface area contributed by atoms with Gasteiger partial charge < -0.3 is 14.2 Å². The summed E-state index contributed by atoms with van der Waals surface area (Å²) in [6.45, 7) is 3.11. The van der Waals surface area contributed by atoms with Crippen LogP contribution < -0.4 is 10.1 Å². The molecule has 0 aliphatic carbocycles. The fraction of sp³-hybridized carbons (Fsp3) is 0.400. The van der Waals surface area contributed by atoms with Crippen LogP contribution in [0.1, 0.15) is 20.3 Å². The van der Waals surface area contributed by atoms with E-state index in [9.17, 15) is 14.4 Å². The van der Waals surface area contributed by atoms with Crippen molar-refractivity contribution in [1.82, 2.24) is 5.32 Å². The zero-order valence-electron chi connectivity index (χ0n) is 12.7. The van der Waals surface area contributed by atoms with Crippen molar-refractivity contribution in [2.45, 2.75) is 32.5 Å². The molecule has 0 bridgehead atoms. The highest BCUT2D eigenvalue weighted by molar-refractivity contribution is 5.95. The van der Waals surface area contributed by atoms with Gasteiger partial charge in [-0.3, -0.25) is 10.1 Å². The molecule has 0 saturated heterocycles. The molecule has 7 heteroatoms. The highest BCUT2D eigenvalue weighted by atomic mass is 16.6. The lowest BCUT2D eigenvalue weighted by Gasteiger charge is -2.19. The molecule has 7 nitrogen and oxygen atoms in total. The zero-order valence-corrected chi connectivity index (χ0v) is 12.7. The number of ether oxygens (including phenoxy) is 3. The van der Waals surface area contributed by atoms with Crippen molar-refractivity contribution in [3.63, 3.8) is 0 Å². The van der Waals surface area contributed by atoms with Crippen LogP contribution >= 0.6 is 0 Å². The summed E-state index contributed by atoms with van der Waals surface area (Å²) in [5, 5.41) is 1.92. The smallest absolute Gasteiger partial charge is 0.413 e. The summed E-state index contributed by atoms with van der Waals surface area (Å²) in [7, 11) is 1.13. The molecule has 0 fully saturated rings. The van der Waals surface area contributed by atoms with Gasteiger partial charge in [-0.2, -0.15) is 0 Å². The van der Waals surface area contributed by atoms with Crippen LogP contribution in [0.5, 0.6) is 5.75 Å². The average molecular weight is 309 g/mol. The first-order valence-electron chi connectivity index (χ1n) is 6.79. The number of para-hydroxylation sites is 1. The quantitative estimate of drug-likeness (QED) is 0.804. The molecule has 0 unspecified atom stereocenters. The van der Waals surface area contributed by atoms with Gasteiger partial charge in [-0.1, -0.05) is 25.1 Å². The largest absolute Gasteiger partial charge is 0.479 e. The molecule has 0 heterocycles. The molecule has 22 heavy (non-hydrogen) atoms. The number of nitrogens with one attached hydrogen (secondary N) is 1. The van der Waals surface area contributed by atoms with Gasteiger partial charge in [0.25, 0.3) is 5.91 Å². The third-order valence-corrected chi connectivity index (χ3v) is 2.73. The van der Waals surface area contributed by atoms with E-state index in [1.54, 1.807) is 31.2 Å². The summed E-state index contributed by atoms with van der Waals surface area (Å²) in [6.07, 6.45) is -2.52. The number of methoxy groups -OCH3 is 1. The first kappa shape index (κ1) is 17.5. The van der Waals surface area contributed by atoms with Crippen LogP contribution in [0.3, 0.4) is 0 Å². The van der Waals surface area contributed by atoms with Gasteiger partial charge >= 0.3 is 12.1 Å². The molecule has 1 aromatic rings. The highest BCUT2D eigenvalue weighted by Gasteiger charge is 2.26. The molecular formula is C15H19NO6. The lowest BCUT2D eigenvalue weighted by Crippen LogP contribution is -2.41. The van der Waals surface area contributed by atoms with E-state index in [0.717, 1.165) is 7.11 Å². The van der Waals surface area contributed by atoms with Gasteiger partial charge in [-0.05, 0) is 25.5 Å². The monoisotopic (exact) mass is 309 g/mol. The van der Waals surface area contributed by atoms with Crippen LogP contribution in [0.15, 0.2) is 30.3 Å². The number of amides is 2. The summed E-state index contributed by atoms with van der Waals surface area (Å²) in [5.41, 5.74) is 0. The maximum atomic E-state index is 12.0. The number of carbonyl (C=O) groups is 3.